The quantitative estimate of drug-likeness (QED) is 0.166. The molecule has 0 fully saturated rings. The van der Waals surface area contributed by atoms with Gasteiger partial charge in [0.2, 0.25) is 0 Å². The van der Waals surface area contributed by atoms with Crippen LogP contribution in [0.25, 0.3) is 0 Å². The van der Waals surface area contributed by atoms with Crippen LogP contribution in [0.4, 0.5) is 26.3 Å². The minimum atomic E-state index is -1.28. The van der Waals surface area contributed by atoms with E-state index in [1.54, 1.807) is 0 Å². The Balaban J connectivity index is 0.000000389. The summed E-state index contributed by atoms with van der Waals surface area (Å²) in [6.07, 6.45) is 16.7. The van der Waals surface area contributed by atoms with E-state index in [0.29, 0.717) is 12.1 Å². The summed E-state index contributed by atoms with van der Waals surface area (Å²) >= 11 is 0. The maximum Gasteiger partial charge on any atom is 4.00 e. The molecule has 7 heteroatoms. The second-order valence-corrected chi connectivity index (χ2v) is 5.87. The fraction of sp³-hybridized carbons (Fsp3) is 0.167. The first-order valence-electron chi connectivity index (χ1n) is 8.72. The summed E-state index contributed by atoms with van der Waals surface area (Å²) in [5, 5.41) is 0. The van der Waals surface area contributed by atoms with E-state index in [2.05, 4.69) is 50.3 Å². The minimum absolute atomic E-state index is 0. The van der Waals surface area contributed by atoms with E-state index in [0.717, 1.165) is 25.0 Å². The van der Waals surface area contributed by atoms with Gasteiger partial charge in [-0.2, -0.15) is 12.2 Å². The summed E-state index contributed by atoms with van der Waals surface area (Å²) in [6.45, 7) is 4.12. The normalized spacial score (nSPS) is 12.8. The zero-order valence-electron chi connectivity index (χ0n) is 16.8. The van der Waals surface area contributed by atoms with Crippen LogP contribution in [0.15, 0.2) is 59.7 Å². The van der Waals surface area contributed by atoms with Gasteiger partial charge in [0.1, 0.15) is 0 Å². The van der Waals surface area contributed by atoms with Crippen LogP contribution in [-0.2, 0) is 21.7 Å². The van der Waals surface area contributed by atoms with Crippen LogP contribution >= 0.6 is 0 Å². The summed E-state index contributed by atoms with van der Waals surface area (Å²) in [5.74, 6) is -6.53. The van der Waals surface area contributed by atoms with E-state index in [-0.39, 0.29) is 21.7 Å². The van der Waals surface area contributed by atoms with Gasteiger partial charge in [-0.15, -0.1) is 49.2 Å². The van der Waals surface area contributed by atoms with Crippen molar-refractivity contribution in [2.75, 3.05) is 0 Å². The van der Waals surface area contributed by atoms with Gasteiger partial charge in [-0.25, -0.2) is 40.9 Å². The van der Waals surface area contributed by atoms with Crippen molar-refractivity contribution in [3.05, 3.63) is 119 Å². The van der Waals surface area contributed by atoms with Crippen LogP contribution in [0, 0.1) is 59.2 Å². The zero-order chi connectivity index (χ0) is 22.5. The van der Waals surface area contributed by atoms with Crippen molar-refractivity contribution in [2.24, 2.45) is 0 Å². The van der Waals surface area contributed by atoms with Crippen molar-refractivity contribution in [1.29, 1.82) is 0 Å². The number of hydrogen-bond donors (Lipinski definition) is 0. The first kappa shape index (κ1) is 28.7. The summed E-state index contributed by atoms with van der Waals surface area (Å²) in [4.78, 5) is 0. The Labute approximate surface area is 193 Å². The fourth-order valence-electron chi connectivity index (χ4n) is 1.88. The minimum Gasteiger partial charge on any atom is -0.281 e. The number of halogens is 6. The number of hydrogen-bond acceptors (Lipinski definition) is 0. The van der Waals surface area contributed by atoms with E-state index in [4.69, 9.17) is 0 Å². The molecule has 0 saturated carbocycles. The summed E-state index contributed by atoms with van der Waals surface area (Å²) in [5.41, 5.74) is 2.55. The first-order valence-corrected chi connectivity index (χ1v) is 8.72. The predicted octanol–water partition coefficient (Wildman–Crippen LogP) is 7.20. The zero-order valence-corrected chi connectivity index (χ0v) is 18.4. The van der Waals surface area contributed by atoms with Crippen LogP contribution in [0.3, 0.4) is 0 Å². The maximum atomic E-state index is 11.9. The van der Waals surface area contributed by atoms with Crippen molar-refractivity contribution >= 4 is 0 Å². The number of rotatable bonds is 0. The molecule has 2 aliphatic carbocycles. The molecule has 0 aromatic heterocycles. The molecule has 31 heavy (non-hydrogen) atoms. The van der Waals surface area contributed by atoms with E-state index in [9.17, 15) is 26.3 Å². The molecule has 0 nitrogen and oxygen atoms in total. The molecule has 2 aromatic carbocycles. The van der Waals surface area contributed by atoms with Crippen LogP contribution in [0.2, 0.25) is 0 Å². The second kappa shape index (κ2) is 15.5. The van der Waals surface area contributed by atoms with Gasteiger partial charge in [-0.1, -0.05) is 13.8 Å². The summed E-state index contributed by atoms with van der Waals surface area (Å²) in [7, 11) is 0. The molecular weight excluding hydrogens is 450 g/mol. The standard InChI is InChI=1S/2C6H2F3.2C6H7.Ti/c2*7-4-1-2-5(8)6(9)3-4;2*1-6-4-2-3-5-6;/h2*1-2H;2*2,4H,3H2,1H3;/q4*-1;+4. The number of allylic oxidation sites excluding steroid dienone is 8. The Bertz CT molecular complexity index is 862. The van der Waals surface area contributed by atoms with E-state index < -0.39 is 34.9 Å². The molecule has 160 valence electrons. The van der Waals surface area contributed by atoms with E-state index in [1.807, 2.05) is 0 Å². The Morgan fingerprint density at radius 2 is 0.968 bits per heavy atom. The van der Waals surface area contributed by atoms with Gasteiger partial charge in [0, 0.05) is 34.9 Å². The van der Waals surface area contributed by atoms with Gasteiger partial charge in [-0.05, 0) is 0 Å². The largest absolute Gasteiger partial charge is 4.00 e. The van der Waals surface area contributed by atoms with Crippen LogP contribution < -0.4 is 0 Å². The van der Waals surface area contributed by atoms with Gasteiger partial charge in [0.15, 0.2) is 0 Å². The molecule has 0 atom stereocenters. The van der Waals surface area contributed by atoms with Gasteiger partial charge in [0.05, 0.1) is 0 Å². The molecular formula is C24H18F6Ti. The third-order valence-corrected chi connectivity index (χ3v) is 3.36. The Morgan fingerprint density at radius 1 is 0.613 bits per heavy atom. The molecule has 0 N–H and O–H groups in total. The van der Waals surface area contributed by atoms with Gasteiger partial charge >= 0.3 is 21.7 Å². The van der Waals surface area contributed by atoms with Crippen molar-refractivity contribution in [2.45, 2.75) is 26.7 Å². The molecule has 0 spiro atoms. The Kier molecular flexibility index (Phi) is 14.3. The smallest absolute Gasteiger partial charge is 0.281 e. The van der Waals surface area contributed by atoms with Crippen LogP contribution in [0.1, 0.15) is 26.7 Å². The van der Waals surface area contributed by atoms with E-state index >= 15 is 0 Å². The first-order chi connectivity index (χ1) is 14.2. The fourth-order valence-corrected chi connectivity index (χ4v) is 1.88. The molecule has 4 rings (SSSR count). The SMILES string of the molecule is CC1=[C-]CC=C1.CC1=[C-]CC=C1.Fc1[c-]c(F)c(F)cc1.Fc1[c-]c(F)c(F)cc1.[Ti+4]. The van der Waals surface area contributed by atoms with Crippen molar-refractivity contribution in [3.8, 4) is 0 Å². The van der Waals surface area contributed by atoms with Crippen molar-refractivity contribution in [1.82, 2.24) is 0 Å². The van der Waals surface area contributed by atoms with Gasteiger partial charge in [0.25, 0.3) is 0 Å². The topological polar surface area (TPSA) is 0 Å². The molecule has 0 amide bonds. The molecule has 2 aromatic rings. The predicted molar refractivity (Wildman–Crippen MR) is 103 cm³/mol. The van der Waals surface area contributed by atoms with Gasteiger partial charge in [-0.3, -0.25) is 20.9 Å². The Morgan fingerprint density at radius 3 is 1.13 bits per heavy atom. The molecule has 2 aliphatic rings. The third-order valence-electron chi connectivity index (χ3n) is 3.36. The molecule has 0 saturated heterocycles. The summed E-state index contributed by atoms with van der Waals surface area (Å²) < 4.78 is 71.4. The second-order valence-electron chi connectivity index (χ2n) is 5.87. The number of benzene rings is 2. The van der Waals surface area contributed by atoms with E-state index in [1.165, 1.54) is 23.3 Å². The molecule has 0 aliphatic heterocycles. The van der Waals surface area contributed by atoms with Crippen molar-refractivity contribution < 1.29 is 48.1 Å². The average Bonchev–Trinajstić information content (AvgIpc) is 3.37. The van der Waals surface area contributed by atoms with Crippen molar-refractivity contribution in [3.63, 3.8) is 0 Å². The van der Waals surface area contributed by atoms with Crippen LogP contribution in [0.5, 0.6) is 0 Å². The molecule has 0 radical (unpaired) electrons. The van der Waals surface area contributed by atoms with Gasteiger partial charge < -0.3 is 0 Å². The summed E-state index contributed by atoms with van der Waals surface area (Å²) in [6, 6.07) is 6.09. The average molecular weight is 468 g/mol. The Hall–Kier alpha value is -2.31. The third kappa shape index (κ3) is 12.9. The molecule has 0 heterocycles. The van der Waals surface area contributed by atoms with Crippen LogP contribution in [-0.4, -0.2) is 0 Å². The molecule has 0 unspecified atom stereocenters. The monoisotopic (exact) mass is 468 g/mol. The maximum absolute atomic E-state index is 11.9. The molecule has 0 bridgehead atoms.